The molecule has 1 aliphatic carbocycles. The van der Waals surface area contributed by atoms with Crippen molar-refractivity contribution in [2.24, 2.45) is 0 Å². The molecule has 1 atom stereocenters. The predicted molar refractivity (Wildman–Crippen MR) is 109 cm³/mol. The minimum Gasteiger partial charge on any atom is -0.375 e. The van der Waals surface area contributed by atoms with Crippen LogP contribution in [0.25, 0.3) is 0 Å². The Kier molecular flexibility index (Phi) is 8.54. The second kappa shape index (κ2) is 9.64. The van der Waals surface area contributed by atoms with Crippen LogP contribution in [-0.2, 0) is 19.4 Å². The van der Waals surface area contributed by atoms with Gasteiger partial charge < -0.3 is 5.73 Å². The van der Waals surface area contributed by atoms with Gasteiger partial charge in [-0.3, -0.25) is 4.90 Å². The van der Waals surface area contributed by atoms with Gasteiger partial charge in [-0.25, -0.2) is 4.98 Å². The van der Waals surface area contributed by atoms with E-state index in [1.165, 1.54) is 16.1 Å². The van der Waals surface area contributed by atoms with E-state index in [0.29, 0.717) is 11.2 Å². The first-order chi connectivity index (χ1) is 10.7. The van der Waals surface area contributed by atoms with Crippen LogP contribution in [0.15, 0.2) is 36.9 Å². The van der Waals surface area contributed by atoms with E-state index >= 15 is 0 Å². The molecule has 0 saturated carbocycles. The molecule has 0 fully saturated rings. The fraction of sp³-hybridized carbons (Fsp3) is 0.353. The first kappa shape index (κ1) is 21.3. The number of nitrogens with zero attached hydrogens (tertiary/aromatic N) is 2. The van der Waals surface area contributed by atoms with E-state index < -0.39 is 0 Å². The molecule has 0 saturated heterocycles. The van der Waals surface area contributed by atoms with Crippen molar-refractivity contribution in [3.05, 3.63) is 58.1 Å². The maximum atomic E-state index is 5.97. The minimum atomic E-state index is 0. The molecule has 2 aromatic rings. The van der Waals surface area contributed by atoms with Crippen LogP contribution in [0.1, 0.15) is 22.6 Å². The molecule has 0 radical (unpaired) electrons. The molecule has 0 spiro atoms. The second-order valence-electron chi connectivity index (χ2n) is 5.66. The highest BCUT2D eigenvalue weighted by Gasteiger charge is 2.26. The zero-order chi connectivity index (χ0) is 15.5. The molecule has 2 N–H and O–H groups in total. The summed E-state index contributed by atoms with van der Waals surface area (Å²) in [4.78, 5) is 8.26. The van der Waals surface area contributed by atoms with Crippen molar-refractivity contribution in [1.29, 1.82) is 0 Å². The lowest BCUT2D eigenvalue weighted by atomic mass is 9.95. The Labute approximate surface area is 164 Å². The van der Waals surface area contributed by atoms with Crippen LogP contribution >= 0.6 is 47.8 Å². The van der Waals surface area contributed by atoms with E-state index in [0.717, 1.165) is 37.4 Å². The molecule has 1 aromatic heterocycles. The van der Waals surface area contributed by atoms with E-state index in [1.807, 2.05) is 18.2 Å². The van der Waals surface area contributed by atoms with Crippen molar-refractivity contribution in [2.45, 2.75) is 31.8 Å². The number of aryl methyl sites for hydroxylation is 1. The summed E-state index contributed by atoms with van der Waals surface area (Å²) in [5.41, 5.74) is 8.32. The Hall–Kier alpha value is -0.780. The second-order valence-corrected chi connectivity index (χ2v) is 7.21. The van der Waals surface area contributed by atoms with Crippen LogP contribution in [0.2, 0.25) is 5.02 Å². The first-order valence-electron chi connectivity index (χ1n) is 7.49. The first-order valence-corrected chi connectivity index (χ1v) is 8.68. The van der Waals surface area contributed by atoms with Gasteiger partial charge >= 0.3 is 0 Å². The summed E-state index contributed by atoms with van der Waals surface area (Å²) < 4.78 is 0. The molecule has 1 heterocycles. The fourth-order valence-electron chi connectivity index (χ4n) is 3.02. The van der Waals surface area contributed by atoms with Gasteiger partial charge in [0.2, 0.25) is 0 Å². The lowest BCUT2D eigenvalue weighted by molar-refractivity contribution is 0.191. The number of hydrogen-bond donors (Lipinski definition) is 1. The van der Waals surface area contributed by atoms with Crippen molar-refractivity contribution in [2.75, 3.05) is 12.3 Å². The summed E-state index contributed by atoms with van der Waals surface area (Å²) in [7, 11) is 0. The van der Waals surface area contributed by atoms with E-state index in [4.69, 9.17) is 17.3 Å². The summed E-state index contributed by atoms with van der Waals surface area (Å²) in [6.07, 6.45) is 5.15. The molecular formula is C17H22Cl3N3S. The Morgan fingerprint density at radius 2 is 2.04 bits per heavy atom. The van der Waals surface area contributed by atoms with Gasteiger partial charge in [-0.2, -0.15) is 0 Å². The summed E-state index contributed by atoms with van der Waals surface area (Å²) in [5, 5.41) is 1.47. The van der Waals surface area contributed by atoms with Gasteiger partial charge in [0, 0.05) is 29.0 Å². The highest BCUT2D eigenvalue weighted by Crippen LogP contribution is 2.30. The summed E-state index contributed by atoms with van der Waals surface area (Å²) in [6, 6.07) is 8.60. The number of aromatic nitrogens is 1. The molecule has 1 aromatic carbocycles. The van der Waals surface area contributed by atoms with E-state index in [1.54, 1.807) is 11.3 Å². The molecule has 0 bridgehead atoms. The van der Waals surface area contributed by atoms with E-state index in [2.05, 4.69) is 28.6 Å². The fourth-order valence-corrected chi connectivity index (χ4v) is 4.10. The average Bonchev–Trinajstić information content (AvgIpc) is 2.88. The molecular weight excluding hydrogens is 385 g/mol. The lowest BCUT2D eigenvalue weighted by Crippen LogP contribution is -2.38. The SMILES string of the molecule is C=CCN(Cc1ccc(Cl)cc1)C1CCc2nc(N)sc2C1.Cl.Cl. The van der Waals surface area contributed by atoms with Crippen LogP contribution in [-0.4, -0.2) is 22.5 Å². The van der Waals surface area contributed by atoms with Crippen LogP contribution in [0.4, 0.5) is 5.13 Å². The zero-order valence-corrected chi connectivity index (χ0v) is 16.5. The van der Waals surface area contributed by atoms with Gasteiger partial charge in [0.15, 0.2) is 5.13 Å². The van der Waals surface area contributed by atoms with Gasteiger partial charge in [0.1, 0.15) is 0 Å². The van der Waals surface area contributed by atoms with Crippen molar-refractivity contribution in [3.8, 4) is 0 Å². The average molecular weight is 407 g/mol. The number of rotatable bonds is 5. The molecule has 7 heteroatoms. The maximum absolute atomic E-state index is 5.97. The molecule has 3 rings (SSSR count). The normalized spacial score (nSPS) is 16.0. The monoisotopic (exact) mass is 405 g/mol. The van der Waals surface area contributed by atoms with Crippen LogP contribution in [0.3, 0.4) is 0 Å². The van der Waals surface area contributed by atoms with Crippen molar-refractivity contribution >= 4 is 52.9 Å². The third-order valence-corrected chi connectivity index (χ3v) is 5.31. The number of nitrogen functional groups attached to an aromatic ring is 1. The molecule has 3 nitrogen and oxygen atoms in total. The maximum Gasteiger partial charge on any atom is 0.180 e. The van der Waals surface area contributed by atoms with E-state index in [-0.39, 0.29) is 24.8 Å². The number of thiazole rings is 1. The molecule has 0 aliphatic heterocycles. The van der Waals surface area contributed by atoms with Gasteiger partial charge in [-0.1, -0.05) is 29.8 Å². The van der Waals surface area contributed by atoms with Gasteiger partial charge in [-0.15, -0.1) is 42.7 Å². The van der Waals surface area contributed by atoms with Gasteiger partial charge in [-0.05, 0) is 37.0 Å². The number of fused-ring (bicyclic) bond motifs is 1. The minimum absolute atomic E-state index is 0. The topological polar surface area (TPSA) is 42.2 Å². The predicted octanol–water partition coefficient (Wildman–Crippen LogP) is 4.77. The third-order valence-electron chi connectivity index (χ3n) is 4.11. The number of hydrogen-bond acceptors (Lipinski definition) is 4. The largest absolute Gasteiger partial charge is 0.375 e. The molecule has 132 valence electrons. The number of halogens is 3. The van der Waals surface area contributed by atoms with E-state index in [9.17, 15) is 0 Å². The summed E-state index contributed by atoms with van der Waals surface area (Å²) in [6.45, 7) is 5.71. The molecule has 1 aliphatic rings. The van der Waals surface area contributed by atoms with Crippen molar-refractivity contribution < 1.29 is 0 Å². The number of nitrogens with two attached hydrogens (primary N) is 1. The number of benzene rings is 1. The Balaban J connectivity index is 0.00000144. The third kappa shape index (κ3) is 5.11. The van der Waals surface area contributed by atoms with Crippen LogP contribution in [0, 0.1) is 0 Å². The molecule has 24 heavy (non-hydrogen) atoms. The quantitative estimate of drug-likeness (QED) is 0.727. The molecule has 1 unspecified atom stereocenters. The lowest BCUT2D eigenvalue weighted by Gasteiger charge is -2.33. The van der Waals surface area contributed by atoms with Crippen molar-refractivity contribution in [3.63, 3.8) is 0 Å². The van der Waals surface area contributed by atoms with Crippen LogP contribution in [0.5, 0.6) is 0 Å². The van der Waals surface area contributed by atoms with Crippen molar-refractivity contribution in [1.82, 2.24) is 9.88 Å². The van der Waals surface area contributed by atoms with Gasteiger partial charge in [0.05, 0.1) is 5.69 Å². The zero-order valence-electron chi connectivity index (χ0n) is 13.3. The standard InChI is InChI=1S/C17H20ClN3S.2ClH/c1-2-9-21(11-12-3-5-13(18)6-4-12)14-7-8-15-16(10-14)22-17(19)20-15;;/h2-6,14H,1,7-11H2,(H2,19,20);2*1H. The smallest absolute Gasteiger partial charge is 0.180 e. The highest BCUT2D eigenvalue weighted by atomic mass is 35.5. The number of anilines is 1. The summed E-state index contributed by atoms with van der Waals surface area (Å²) in [5.74, 6) is 0. The Bertz CT molecular complexity index is 658. The van der Waals surface area contributed by atoms with Crippen LogP contribution < -0.4 is 5.73 Å². The Morgan fingerprint density at radius 3 is 2.71 bits per heavy atom. The Morgan fingerprint density at radius 1 is 1.33 bits per heavy atom. The summed E-state index contributed by atoms with van der Waals surface area (Å²) >= 11 is 7.60. The molecule has 0 amide bonds. The van der Waals surface area contributed by atoms with Gasteiger partial charge in [0.25, 0.3) is 0 Å². The highest BCUT2D eigenvalue weighted by molar-refractivity contribution is 7.15.